The Morgan fingerprint density at radius 2 is 1.93 bits per heavy atom. The molecule has 0 radical (unpaired) electrons. The van der Waals surface area contributed by atoms with Gasteiger partial charge in [-0.2, -0.15) is 0 Å². The largest absolute Gasteiger partial charge is 0.509 e. The van der Waals surface area contributed by atoms with E-state index in [-0.39, 0.29) is 17.4 Å². The minimum atomic E-state index is -1.02. The average molecular weight is 499 g/mol. The second-order valence-corrected chi connectivity index (χ2v) is 8.98. The molecule has 2 unspecified atom stereocenters. The molecule has 0 aromatic heterocycles. The lowest BCUT2D eigenvalue weighted by Crippen LogP contribution is -2.69. The Hall–Kier alpha value is -2.33. The van der Waals surface area contributed by atoms with E-state index < -0.39 is 40.6 Å². The normalized spacial score (nSPS) is 19.5. The summed E-state index contributed by atoms with van der Waals surface area (Å²) in [6, 6.07) is 7.96. The van der Waals surface area contributed by atoms with Crippen LogP contribution in [0.25, 0.3) is 0 Å². The lowest BCUT2D eigenvalue weighted by Gasteiger charge is -2.46. The van der Waals surface area contributed by atoms with E-state index in [1.165, 1.54) is 0 Å². The van der Waals surface area contributed by atoms with Crippen LogP contribution < -0.4 is 5.32 Å². The van der Waals surface area contributed by atoms with Crippen LogP contribution in [-0.4, -0.2) is 55.8 Å². The molecule has 2 N–H and O–H groups in total. The van der Waals surface area contributed by atoms with Crippen molar-refractivity contribution in [3.05, 3.63) is 47.4 Å². The number of ether oxygens (including phenoxy) is 1. The molecule has 2 amide bonds. The maximum atomic E-state index is 12.8. The number of hydrogen-bond donors (Lipinski definition) is 2. The van der Waals surface area contributed by atoms with E-state index in [2.05, 4.69) is 21.2 Å². The molecule has 8 nitrogen and oxygen atoms in total. The first-order valence-corrected chi connectivity index (χ1v) is 11.1. The van der Waals surface area contributed by atoms with Gasteiger partial charge in [0.2, 0.25) is 5.91 Å². The number of benzene rings is 1. The number of hydrogen-bond acceptors (Lipinski definition) is 7. The lowest BCUT2D eigenvalue weighted by molar-refractivity contribution is -0.159. The molecule has 1 heterocycles. The van der Waals surface area contributed by atoms with E-state index in [0.717, 1.165) is 22.2 Å². The molecule has 1 aliphatic rings. The summed E-state index contributed by atoms with van der Waals surface area (Å²) >= 11 is 3.78. The number of rotatable bonds is 8. The number of allylic oxidation sites excluding steroid dienone is 1. The Morgan fingerprint density at radius 1 is 1.30 bits per heavy atom. The summed E-state index contributed by atoms with van der Waals surface area (Å²) in [4.78, 5) is 49.9. The van der Waals surface area contributed by atoms with Gasteiger partial charge in [0.25, 0.3) is 5.91 Å². The van der Waals surface area contributed by atoms with Gasteiger partial charge in [0.05, 0.1) is 11.8 Å². The van der Waals surface area contributed by atoms with Crippen LogP contribution in [-0.2, 0) is 30.3 Å². The van der Waals surface area contributed by atoms with Crippen LogP contribution >= 0.6 is 27.7 Å². The number of aliphatic hydroxyl groups is 1. The standard InChI is InChI=1S/C20H23BrN2O6S/c1-20(2,3)29-19(28)16(13(25)10-21)23-17(27)15(18(23)30-11-24)22-14(26)9-12-7-5-4-6-8-12/h4-8,11,15,18,25H,9-10H2,1-3H3,(H,22,26). The van der Waals surface area contributed by atoms with E-state index >= 15 is 0 Å². The van der Waals surface area contributed by atoms with Gasteiger partial charge < -0.3 is 15.2 Å². The lowest BCUT2D eigenvalue weighted by atomic mass is 10.0. The van der Waals surface area contributed by atoms with Crippen molar-refractivity contribution < 1.29 is 29.0 Å². The Balaban J connectivity index is 2.21. The third-order valence-electron chi connectivity index (χ3n) is 4.00. The highest BCUT2D eigenvalue weighted by Gasteiger charge is 2.53. The minimum absolute atomic E-state index is 0.0600. The molecule has 0 bridgehead atoms. The maximum Gasteiger partial charge on any atom is 0.359 e. The molecular weight excluding hydrogens is 476 g/mol. The number of likely N-dealkylation sites (tertiary alicyclic amines) is 1. The first kappa shape index (κ1) is 23.9. The van der Waals surface area contributed by atoms with Crippen molar-refractivity contribution in [1.29, 1.82) is 0 Å². The zero-order chi connectivity index (χ0) is 22.5. The van der Waals surface area contributed by atoms with Crippen LogP contribution in [0.5, 0.6) is 0 Å². The summed E-state index contributed by atoms with van der Waals surface area (Å²) in [7, 11) is 0. The second kappa shape index (κ2) is 10.1. The molecule has 1 aromatic carbocycles. The molecule has 30 heavy (non-hydrogen) atoms. The number of amides is 2. The molecule has 2 rings (SSSR count). The molecule has 162 valence electrons. The van der Waals surface area contributed by atoms with Crippen LogP contribution in [0.3, 0.4) is 0 Å². The average Bonchev–Trinajstić information content (AvgIpc) is 2.68. The van der Waals surface area contributed by atoms with Gasteiger partial charge in [-0.25, -0.2) is 4.79 Å². The number of alkyl halides is 1. The van der Waals surface area contributed by atoms with E-state index in [1.54, 1.807) is 45.0 Å². The first-order valence-electron chi connectivity index (χ1n) is 9.06. The Labute approximate surface area is 187 Å². The molecule has 2 atom stereocenters. The molecule has 1 saturated heterocycles. The smallest absolute Gasteiger partial charge is 0.359 e. The number of esters is 1. The number of carbonyl (C=O) groups is 4. The Morgan fingerprint density at radius 3 is 2.47 bits per heavy atom. The molecule has 10 heteroatoms. The molecule has 0 saturated carbocycles. The highest BCUT2D eigenvalue weighted by molar-refractivity contribution is 9.09. The van der Waals surface area contributed by atoms with E-state index in [9.17, 15) is 24.3 Å². The number of β-lactam (4-membered cyclic amide) rings is 1. The second-order valence-electron chi connectivity index (χ2n) is 7.47. The number of thioether (sulfide) groups is 1. The molecule has 1 aliphatic heterocycles. The number of nitrogens with zero attached hydrogens (tertiary/aromatic N) is 1. The third kappa shape index (κ3) is 5.85. The minimum Gasteiger partial charge on any atom is -0.509 e. The number of aliphatic hydroxyl groups excluding tert-OH is 1. The first-order chi connectivity index (χ1) is 14.1. The topological polar surface area (TPSA) is 113 Å². The molecular formula is C20H23BrN2O6S. The van der Waals surface area contributed by atoms with Crippen molar-refractivity contribution in [2.24, 2.45) is 0 Å². The van der Waals surface area contributed by atoms with E-state index in [0.29, 0.717) is 5.62 Å². The van der Waals surface area contributed by atoms with Gasteiger partial charge in [-0.15, -0.1) is 0 Å². The maximum absolute atomic E-state index is 12.8. The molecule has 0 spiro atoms. The quantitative estimate of drug-likeness (QED) is 0.141. The van der Waals surface area contributed by atoms with Gasteiger partial charge in [0, 0.05) is 0 Å². The van der Waals surface area contributed by atoms with Gasteiger partial charge in [0.15, 0.2) is 11.3 Å². The van der Waals surface area contributed by atoms with Crippen LogP contribution in [0, 0.1) is 0 Å². The number of halogens is 1. The fourth-order valence-electron chi connectivity index (χ4n) is 2.78. The SMILES string of the molecule is CC(C)(C)OC(=O)C(=C(O)CBr)N1C(=O)C(NC(=O)Cc2ccccc2)C1SC=O. The van der Waals surface area contributed by atoms with Crippen molar-refractivity contribution >= 4 is 51.1 Å². The van der Waals surface area contributed by atoms with Crippen LogP contribution in [0.4, 0.5) is 0 Å². The highest BCUT2D eigenvalue weighted by atomic mass is 79.9. The summed E-state index contributed by atoms with van der Waals surface area (Å²) in [5, 5.41) is 11.8. The van der Waals surface area contributed by atoms with Gasteiger partial charge in [-0.05, 0) is 26.3 Å². The Kier molecular flexibility index (Phi) is 8.08. The zero-order valence-corrected chi connectivity index (χ0v) is 19.2. The molecule has 1 fully saturated rings. The van der Waals surface area contributed by atoms with Crippen molar-refractivity contribution in [1.82, 2.24) is 10.2 Å². The van der Waals surface area contributed by atoms with Gasteiger partial charge in [-0.1, -0.05) is 58.0 Å². The number of nitrogens with one attached hydrogen (secondary N) is 1. The summed E-state index contributed by atoms with van der Waals surface area (Å²) in [6.45, 7) is 4.95. The summed E-state index contributed by atoms with van der Waals surface area (Å²) in [5.74, 6) is -2.34. The van der Waals surface area contributed by atoms with E-state index in [4.69, 9.17) is 4.74 Å². The number of carbonyl (C=O) groups excluding carboxylic acids is 4. The third-order valence-corrected chi connectivity index (χ3v) is 5.40. The monoisotopic (exact) mass is 498 g/mol. The van der Waals surface area contributed by atoms with Crippen molar-refractivity contribution in [3.8, 4) is 0 Å². The Bertz CT molecular complexity index is 853. The predicted octanol–water partition coefficient (Wildman–Crippen LogP) is 2.31. The fourth-order valence-corrected chi connectivity index (χ4v) is 3.83. The van der Waals surface area contributed by atoms with Gasteiger partial charge in [0.1, 0.15) is 22.8 Å². The van der Waals surface area contributed by atoms with Gasteiger partial charge in [-0.3, -0.25) is 19.3 Å². The summed E-state index contributed by atoms with van der Waals surface area (Å²) < 4.78 is 5.29. The van der Waals surface area contributed by atoms with Gasteiger partial charge >= 0.3 is 5.97 Å². The van der Waals surface area contributed by atoms with Crippen molar-refractivity contribution in [2.75, 3.05) is 5.33 Å². The van der Waals surface area contributed by atoms with Crippen molar-refractivity contribution in [3.63, 3.8) is 0 Å². The van der Waals surface area contributed by atoms with Crippen LogP contribution in [0.2, 0.25) is 0 Å². The fraction of sp³-hybridized carbons (Fsp3) is 0.400. The van der Waals surface area contributed by atoms with Crippen molar-refractivity contribution in [2.45, 2.75) is 44.2 Å². The van der Waals surface area contributed by atoms with E-state index in [1.807, 2.05) is 6.07 Å². The predicted molar refractivity (Wildman–Crippen MR) is 116 cm³/mol. The summed E-state index contributed by atoms with van der Waals surface area (Å²) in [5.41, 5.74) is 0.0573. The van der Waals surface area contributed by atoms with Crippen LogP contribution in [0.15, 0.2) is 41.8 Å². The zero-order valence-electron chi connectivity index (χ0n) is 16.8. The molecule has 0 aliphatic carbocycles. The highest BCUT2D eigenvalue weighted by Crippen LogP contribution is 2.35. The molecule has 1 aromatic rings. The van der Waals surface area contributed by atoms with Crippen LogP contribution in [0.1, 0.15) is 26.3 Å². The summed E-state index contributed by atoms with van der Waals surface area (Å²) in [6.07, 6.45) is 0.0600.